The van der Waals surface area contributed by atoms with Crippen molar-refractivity contribution in [3.63, 3.8) is 0 Å². The molecule has 0 radical (unpaired) electrons. The molecule has 12 aromatic carbocycles. The summed E-state index contributed by atoms with van der Waals surface area (Å²) in [7, 11) is -3.50. The molecular weight excluding hydrogens is 1150 g/mol. The van der Waals surface area contributed by atoms with Crippen molar-refractivity contribution in [2.24, 2.45) is 0 Å². The molecule has 92 heavy (non-hydrogen) atoms. The standard InChI is InChI=1S/C79H44N8O4Si/c1-8-26-64-53(19-1)57-35-31-47(41-68(57)88-64)75-81-73(82-76(85-75)48-32-36-58-54-20-2-9-27-65(54)89-69(58)42-48)45-15-13-17-51(39-45)92(72-30-12-5-23-61(72)79-80-62-24-6-7-25-63(62)87(79)92)52-18-14-16-46(40-52)74-83-77(49-33-37-59-55-21-3-10-28-66(55)90-70(59)43-49)86-78(84-74)50-34-38-60-56-22-4-11-29-67(56)91-71(60)44-50/h1-44H. The Labute approximate surface area is 523 Å². The predicted molar refractivity (Wildman–Crippen MR) is 367 cm³/mol. The van der Waals surface area contributed by atoms with E-state index in [0.29, 0.717) is 34.9 Å². The van der Waals surface area contributed by atoms with Gasteiger partial charge < -0.3 is 21.9 Å². The summed E-state index contributed by atoms with van der Waals surface area (Å²) >= 11 is 0. The molecule has 1 aliphatic rings. The van der Waals surface area contributed by atoms with Crippen molar-refractivity contribution in [3.8, 4) is 79.7 Å². The highest BCUT2D eigenvalue weighted by molar-refractivity contribution is 7.12. The Morgan fingerprint density at radius 3 is 0.978 bits per heavy atom. The van der Waals surface area contributed by atoms with Crippen LogP contribution in [0, 0.1) is 0 Å². The summed E-state index contributed by atoms with van der Waals surface area (Å²) in [6.45, 7) is 0. The summed E-state index contributed by atoms with van der Waals surface area (Å²) in [5.74, 6) is 3.93. The van der Waals surface area contributed by atoms with E-state index in [4.69, 9.17) is 52.6 Å². The maximum Gasteiger partial charge on any atom is 0.259 e. The highest BCUT2D eigenvalue weighted by atomic mass is 28.3. The van der Waals surface area contributed by atoms with Gasteiger partial charge in [0.25, 0.3) is 8.24 Å². The van der Waals surface area contributed by atoms with Gasteiger partial charge in [-0.05, 0) is 113 Å². The average molecular weight is 1200 g/mol. The number of hydrogen-bond acceptors (Lipinski definition) is 11. The first-order valence-corrected chi connectivity index (χ1v) is 32.4. The van der Waals surface area contributed by atoms with Crippen LogP contribution in [-0.2, 0) is 0 Å². The predicted octanol–water partition coefficient (Wildman–Crippen LogP) is 17.5. The Morgan fingerprint density at radius 2 is 0.576 bits per heavy atom. The third kappa shape index (κ3) is 7.54. The molecule has 0 fully saturated rings. The molecule has 0 N–H and O–H groups in total. The topological polar surface area (TPSA) is 148 Å². The van der Waals surface area contributed by atoms with Crippen LogP contribution in [0.15, 0.2) is 285 Å². The maximum atomic E-state index is 6.46. The van der Waals surface area contributed by atoms with Gasteiger partial charge in [-0.2, -0.15) is 0 Å². The van der Waals surface area contributed by atoms with Crippen LogP contribution in [0.4, 0.5) is 0 Å². The molecule has 0 spiro atoms. The number of nitrogens with zero attached hydrogens (tertiary/aromatic N) is 8. The zero-order valence-electron chi connectivity index (χ0n) is 48.6. The Hall–Kier alpha value is -12.5. The average Bonchev–Trinajstić information content (AvgIpc) is 1.51. The molecule has 7 aromatic heterocycles. The number of fused-ring (bicyclic) bond motifs is 17. The van der Waals surface area contributed by atoms with E-state index in [0.717, 1.165) is 154 Å². The summed E-state index contributed by atoms with van der Waals surface area (Å²) < 4.78 is 28.4. The van der Waals surface area contributed by atoms with Crippen molar-refractivity contribution < 1.29 is 17.7 Å². The molecule has 1 aliphatic heterocycles. The fourth-order valence-corrected chi connectivity index (χ4v) is 19.2. The third-order valence-corrected chi connectivity index (χ3v) is 23.0. The number of rotatable bonds is 8. The number of benzene rings is 12. The molecule has 0 saturated heterocycles. The first kappa shape index (κ1) is 50.5. The number of para-hydroxylation sites is 6. The van der Waals surface area contributed by atoms with Gasteiger partial charge >= 0.3 is 0 Å². The van der Waals surface area contributed by atoms with Crippen molar-refractivity contribution in [2.75, 3.05) is 0 Å². The summed E-state index contributed by atoms with van der Waals surface area (Å²) in [5.41, 5.74) is 14.0. The van der Waals surface area contributed by atoms with E-state index in [1.165, 1.54) is 5.19 Å². The van der Waals surface area contributed by atoms with Crippen LogP contribution >= 0.6 is 0 Å². The van der Waals surface area contributed by atoms with Crippen LogP contribution in [0.25, 0.3) is 179 Å². The molecule has 13 heteroatoms. The molecule has 0 aliphatic carbocycles. The van der Waals surface area contributed by atoms with Gasteiger partial charge in [0.1, 0.15) is 50.5 Å². The van der Waals surface area contributed by atoms with Crippen molar-refractivity contribution in [1.82, 2.24) is 39.1 Å². The first-order valence-electron chi connectivity index (χ1n) is 30.5. The van der Waals surface area contributed by atoms with Crippen molar-refractivity contribution in [1.29, 1.82) is 0 Å². The molecule has 0 amide bonds. The number of furan rings is 4. The minimum Gasteiger partial charge on any atom is -0.456 e. The molecule has 0 saturated carbocycles. The normalized spacial score (nSPS) is 12.9. The fourth-order valence-electron chi connectivity index (χ4n) is 14.1. The second-order valence-electron chi connectivity index (χ2n) is 23.5. The largest absolute Gasteiger partial charge is 0.456 e. The van der Waals surface area contributed by atoms with Gasteiger partial charge in [0.2, 0.25) is 0 Å². The summed E-state index contributed by atoms with van der Waals surface area (Å²) in [6, 6.07) is 92.0. The molecule has 0 atom stereocenters. The SMILES string of the molecule is c1cc(-c2nc(-c3ccc4c(c3)oc3ccccc34)nc(-c3ccc4c(c3)oc3ccccc34)n2)cc([Si]2(c3cccc(-c4nc(-c5ccc6c(c5)oc5ccccc56)nc(-c5ccc6c(c5)oc5ccccc56)n4)c3)c3ccccc3-c3nc4ccccc4n32)c1. The number of aromatic nitrogens is 8. The van der Waals surface area contributed by atoms with E-state index >= 15 is 0 Å². The summed E-state index contributed by atoms with van der Waals surface area (Å²) in [5, 5.41) is 11.6. The first-order chi connectivity index (χ1) is 45.5. The highest BCUT2D eigenvalue weighted by Crippen LogP contribution is 2.40. The zero-order valence-corrected chi connectivity index (χ0v) is 49.6. The number of hydrogen-bond donors (Lipinski definition) is 0. The van der Waals surface area contributed by atoms with Gasteiger partial charge in [0.15, 0.2) is 34.9 Å². The van der Waals surface area contributed by atoms with Gasteiger partial charge in [-0.1, -0.05) is 170 Å². The Balaban J connectivity index is 0.795. The third-order valence-electron chi connectivity index (χ3n) is 18.3. The van der Waals surface area contributed by atoms with E-state index in [9.17, 15) is 0 Å². The molecule has 0 unspecified atom stereocenters. The summed E-state index contributed by atoms with van der Waals surface area (Å²) in [4.78, 5) is 37.6. The van der Waals surface area contributed by atoms with Crippen molar-refractivity contribution in [2.45, 2.75) is 0 Å². The monoisotopic (exact) mass is 1200 g/mol. The number of imidazole rings is 1. The van der Waals surface area contributed by atoms with Gasteiger partial charge in [-0.15, -0.1) is 0 Å². The lowest BCUT2D eigenvalue weighted by atomic mass is 10.1. The quantitative estimate of drug-likeness (QED) is 0.134. The highest BCUT2D eigenvalue weighted by Gasteiger charge is 2.51. The second-order valence-corrected chi connectivity index (χ2v) is 27.1. The lowest BCUT2D eigenvalue weighted by Crippen LogP contribution is -2.70. The molecule has 12 nitrogen and oxygen atoms in total. The molecule has 19 aromatic rings. The van der Waals surface area contributed by atoms with E-state index in [1.807, 2.05) is 97.1 Å². The smallest absolute Gasteiger partial charge is 0.259 e. The Morgan fingerprint density at radius 1 is 0.250 bits per heavy atom. The molecule has 0 bridgehead atoms. The lowest BCUT2D eigenvalue weighted by Gasteiger charge is -2.32. The van der Waals surface area contributed by atoms with Crippen molar-refractivity contribution >= 4 is 123 Å². The van der Waals surface area contributed by atoms with E-state index < -0.39 is 8.24 Å². The van der Waals surface area contributed by atoms with Gasteiger partial charge in [-0.3, -0.25) is 0 Å². The van der Waals surface area contributed by atoms with Crippen LogP contribution in [-0.4, -0.2) is 47.4 Å². The molecule has 8 heterocycles. The van der Waals surface area contributed by atoms with Crippen LogP contribution in [0.1, 0.15) is 0 Å². The van der Waals surface area contributed by atoms with Crippen LogP contribution in [0.2, 0.25) is 0 Å². The van der Waals surface area contributed by atoms with Gasteiger partial charge in [-0.25, -0.2) is 34.9 Å². The van der Waals surface area contributed by atoms with Crippen LogP contribution in [0.5, 0.6) is 0 Å². The molecule has 20 rings (SSSR count). The fraction of sp³-hybridized carbons (Fsp3) is 0. The van der Waals surface area contributed by atoms with E-state index in [1.54, 1.807) is 0 Å². The van der Waals surface area contributed by atoms with Crippen LogP contribution < -0.4 is 15.6 Å². The summed E-state index contributed by atoms with van der Waals surface area (Å²) in [6.07, 6.45) is 0. The minimum atomic E-state index is -3.50. The Bertz CT molecular complexity index is 5750. The second kappa shape index (κ2) is 19.3. The zero-order chi connectivity index (χ0) is 60.2. The molecular formula is C79H44N8O4Si. The minimum absolute atomic E-state index is 0.502. The lowest BCUT2D eigenvalue weighted by molar-refractivity contribution is 0.668. The van der Waals surface area contributed by atoms with Crippen molar-refractivity contribution in [3.05, 3.63) is 267 Å². The van der Waals surface area contributed by atoms with Gasteiger partial charge in [0.05, 0.1) is 11.0 Å². The van der Waals surface area contributed by atoms with Crippen LogP contribution in [0.3, 0.4) is 0 Å². The Kier molecular flexibility index (Phi) is 10.6. The maximum absolute atomic E-state index is 6.46. The van der Waals surface area contributed by atoms with E-state index in [2.05, 4.69) is 174 Å². The van der Waals surface area contributed by atoms with E-state index in [-0.39, 0.29) is 0 Å². The molecule has 428 valence electrons. The van der Waals surface area contributed by atoms with Gasteiger partial charge in [0, 0.05) is 82.0 Å².